The lowest BCUT2D eigenvalue weighted by atomic mass is 10.1. The summed E-state index contributed by atoms with van der Waals surface area (Å²) in [4.78, 5) is 4.00. The third-order valence-electron chi connectivity index (χ3n) is 1.75. The maximum atomic E-state index is 9.55. The van der Waals surface area contributed by atoms with Gasteiger partial charge in [-0.25, -0.2) is 0 Å². The molecule has 0 amide bonds. The molecule has 3 heteroatoms. The van der Waals surface area contributed by atoms with E-state index in [0.717, 1.165) is 11.1 Å². The molecule has 0 unspecified atom stereocenters. The van der Waals surface area contributed by atoms with Crippen LogP contribution in [0.4, 0.5) is 0 Å². The zero-order chi connectivity index (χ0) is 9.14. The van der Waals surface area contributed by atoms with Gasteiger partial charge in [0.15, 0.2) is 0 Å². The average Bonchev–Trinajstić information content (AvgIpc) is 2.09. The first-order valence-electron chi connectivity index (χ1n) is 3.61. The van der Waals surface area contributed by atoms with Gasteiger partial charge in [0.1, 0.15) is 5.75 Å². The van der Waals surface area contributed by atoms with Crippen molar-refractivity contribution in [3.8, 4) is 5.75 Å². The molecule has 0 aromatic carbocycles. The summed E-state index contributed by atoms with van der Waals surface area (Å²) in [6, 6.07) is 0. The van der Waals surface area contributed by atoms with Crippen molar-refractivity contribution < 1.29 is 5.11 Å². The van der Waals surface area contributed by atoms with Crippen LogP contribution in [0.5, 0.6) is 5.75 Å². The normalized spacial score (nSPS) is 9.83. The van der Waals surface area contributed by atoms with Crippen LogP contribution in [-0.2, 0) is 5.75 Å². The van der Waals surface area contributed by atoms with Crippen molar-refractivity contribution in [2.75, 3.05) is 0 Å². The van der Waals surface area contributed by atoms with Gasteiger partial charge in [0.05, 0.1) is 5.69 Å². The molecular weight excluding hydrogens is 170 g/mol. The lowest BCUT2D eigenvalue weighted by Crippen LogP contribution is -1.91. The Balaban J connectivity index is 3.35. The number of hydrogen-bond acceptors (Lipinski definition) is 3. The van der Waals surface area contributed by atoms with E-state index in [2.05, 4.69) is 24.2 Å². The number of aryl methyl sites for hydroxylation is 1. The quantitative estimate of drug-likeness (QED) is 0.685. The summed E-state index contributed by atoms with van der Waals surface area (Å²) in [6.07, 6.45) is 3.35. The number of thiol groups is 1. The highest BCUT2D eigenvalue weighted by Gasteiger charge is 2.07. The van der Waals surface area contributed by atoms with E-state index in [1.165, 1.54) is 0 Å². The Labute approximate surface area is 77.4 Å². The largest absolute Gasteiger partial charge is 0.506 e. The Hall–Kier alpha value is -0.960. The van der Waals surface area contributed by atoms with E-state index in [0.29, 0.717) is 11.4 Å². The highest BCUT2D eigenvalue weighted by atomic mass is 32.1. The minimum absolute atomic E-state index is 0.224. The predicted octanol–water partition coefficient (Wildman–Crippen LogP) is 2.17. The molecule has 0 radical (unpaired) electrons. The average molecular weight is 181 g/mol. The fraction of sp³-hybridized carbons (Fsp3) is 0.222. The summed E-state index contributed by atoms with van der Waals surface area (Å²) in [5.74, 6) is 0.721. The molecule has 0 saturated carbocycles. The van der Waals surface area contributed by atoms with Crippen LogP contribution >= 0.6 is 12.6 Å². The van der Waals surface area contributed by atoms with Gasteiger partial charge in [0.2, 0.25) is 0 Å². The molecular formula is C9H11NOS. The SMILES string of the molecule is C=Cc1cnc(C)c(O)c1CS. The van der Waals surface area contributed by atoms with Crippen molar-refractivity contribution in [2.45, 2.75) is 12.7 Å². The number of aromatic hydroxyl groups is 1. The zero-order valence-corrected chi connectivity index (χ0v) is 7.80. The molecule has 1 heterocycles. The van der Waals surface area contributed by atoms with Crippen LogP contribution in [0.25, 0.3) is 6.08 Å². The molecule has 0 spiro atoms. The van der Waals surface area contributed by atoms with Crippen LogP contribution in [0.3, 0.4) is 0 Å². The standard InChI is InChI=1S/C9H11NOS/c1-3-7-4-10-6(2)9(11)8(7)5-12/h3-4,11-12H,1,5H2,2H3. The predicted molar refractivity (Wildman–Crippen MR) is 53.4 cm³/mol. The summed E-state index contributed by atoms with van der Waals surface area (Å²) in [5, 5.41) is 9.55. The molecule has 2 nitrogen and oxygen atoms in total. The smallest absolute Gasteiger partial charge is 0.141 e. The monoisotopic (exact) mass is 181 g/mol. The van der Waals surface area contributed by atoms with Crippen molar-refractivity contribution in [3.05, 3.63) is 29.6 Å². The molecule has 1 aromatic heterocycles. The van der Waals surface area contributed by atoms with Gasteiger partial charge >= 0.3 is 0 Å². The summed E-state index contributed by atoms with van der Waals surface area (Å²) >= 11 is 4.12. The Bertz CT molecular complexity index is 310. The Morgan fingerprint density at radius 2 is 2.42 bits per heavy atom. The molecule has 0 saturated heterocycles. The molecule has 0 bridgehead atoms. The molecule has 0 aliphatic heterocycles. The second-order valence-corrected chi connectivity index (χ2v) is 2.80. The summed E-state index contributed by atoms with van der Waals surface area (Å²) in [6.45, 7) is 5.38. The van der Waals surface area contributed by atoms with Crippen LogP contribution in [-0.4, -0.2) is 10.1 Å². The third kappa shape index (κ3) is 1.46. The summed E-state index contributed by atoms with van der Waals surface area (Å²) < 4.78 is 0. The van der Waals surface area contributed by atoms with Crippen molar-refractivity contribution >= 4 is 18.7 Å². The van der Waals surface area contributed by atoms with E-state index in [-0.39, 0.29) is 5.75 Å². The van der Waals surface area contributed by atoms with Gasteiger partial charge in [-0.15, -0.1) is 0 Å². The third-order valence-corrected chi connectivity index (χ3v) is 2.07. The van der Waals surface area contributed by atoms with Crippen molar-refractivity contribution in [1.82, 2.24) is 4.98 Å². The second-order valence-electron chi connectivity index (χ2n) is 2.49. The molecule has 0 atom stereocenters. The highest BCUT2D eigenvalue weighted by Crippen LogP contribution is 2.25. The van der Waals surface area contributed by atoms with E-state index in [1.807, 2.05) is 0 Å². The van der Waals surface area contributed by atoms with E-state index in [4.69, 9.17) is 0 Å². The number of aromatic nitrogens is 1. The lowest BCUT2D eigenvalue weighted by Gasteiger charge is -2.06. The topological polar surface area (TPSA) is 33.1 Å². The summed E-state index contributed by atoms with van der Waals surface area (Å²) in [7, 11) is 0. The first-order chi connectivity index (χ1) is 5.70. The molecule has 0 fully saturated rings. The fourth-order valence-electron chi connectivity index (χ4n) is 1.00. The van der Waals surface area contributed by atoms with Crippen molar-refractivity contribution in [1.29, 1.82) is 0 Å². The molecule has 1 aromatic rings. The van der Waals surface area contributed by atoms with E-state index in [9.17, 15) is 5.11 Å². The second kappa shape index (κ2) is 3.63. The Morgan fingerprint density at radius 3 is 2.92 bits per heavy atom. The van der Waals surface area contributed by atoms with Crippen LogP contribution in [0, 0.1) is 6.92 Å². The first-order valence-corrected chi connectivity index (χ1v) is 4.24. The number of nitrogens with zero attached hydrogens (tertiary/aromatic N) is 1. The van der Waals surface area contributed by atoms with Gasteiger partial charge in [-0.3, -0.25) is 4.98 Å². The van der Waals surface area contributed by atoms with Crippen LogP contribution in [0.2, 0.25) is 0 Å². The van der Waals surface area contributed by atoms with Crippen LogP contribution in [0.1, 0.15) is 16.8 Å². The molecule has 0 aliphatic rings. The van der Waals surface area contributed by atoms with Gasteiger partial charge in [-0.2, -0.15) is 12.6 Å². The van der Waals surface area contributed by atoms with Crippen LogP contribution < -0.4 is 0 Å². The van der Waals surface area contributed by atoms with E-state index < -0.39 is 0 Å². The molecule has 0 aliphatic carbocycles. The van der Waals surface area contributed by atoms with Gasteiger partial charge in [0, 0.05) is 17.5 Å². The van der Waals surface area contributed by atoms with Gasteiger partial charge in [-0.1, -0.05) is 12.7 Å². The van der Waals surface area contributed by atoms with Gasteiger partial charge in [0.25, 0.3) is 0 Å². The fourth-order valence-corrected chi connectivity index (χ4v) is 1.33. The molecule has 1 rings (SSSR count). The number of pyridine rings is 1. The Morgan fingerprint density at radius 1 is 1.75 bits per heavy atom. The van der Waals surface area contributed by atoms with E-state index in [1.54, 1.807) is 19.2 Å². The number of rotatable bonds is 2. The maximum Gasteiger partial charge on any atom is 0.141 e. The Kier molecular flexibility index (Phi) is 2.76. The first kappa shape index (κ1) is 9.13. The number of hydrogen-bond donors (Lipinski definition) is 2. The van der Waals surface area contributed by atoms with Gasteiger partial charge < -0.3 is 5.11 Å². The van der Waals surface area contributed by atoms with Gasteiger partial charge in [-0.05, 0) is 12.5 Å². The minimum atomic E-state index is 0.224. The molecule has 64 valence electrons. The highest BCUT2D eigenvalue weighted by molar-refractivity contribution is 7.79. The van der Waals surface area contributed by atoms with E-state index >= 15 is 0 Å². The maximum absolute atomic E-state index is 9.55. The zero-order valence-electron chi connectivity index (χ0n) is 6.91. The summed E-state index contributed by atoms with van der Waals surface area (Å²) in [5.41, 5.74) is 2.26. The van der Waals surface area contributed by atoms with Crippen molar-refractivity contribution in [3.63, 3.8) is 0 Å². The molecule has 1 N–H and O–H groups in total. The lowest BCUT2D eigenvalue weighted by molar-refractivity contribution is 0.462. The van der Waals surface area contributed by atoms with Crippen molar-refractivity contribution in [2.24, 2.45) is 0 Å². The van der Waals surface area contributed by atoms with Crippen LogP contribution in [0.15, 0.2) is 12.8 Å². The minimum Gasteiger partial charge on any atom is -0.506 e. The molecule has 12 heavy (non-hydrogen) atoms.